The molecule has 1 atom stereocenters. The number of Topliss-reactive ketones (excluding diaryl/α,β-unsaturated/α-hetero) is 1. The maximum absolute atomic E-state index is 13.8. The van der Waals surface area contributed by atoms with Gasteiger partial charge >= 0.3 is 5.97 Å². The van der Waals surface area contributed by atoms with Crippen molar-refractivity contribution in [3.63, 3.8) is 0 Å². The smallest absolute Gasteiger partial charge is 0.313 e. The van der Waals surface area contributed by atoms with Crippen molar-refractivity contribution in [2.45, 2.75) is 57.3 Å². The van der Waals surface area contributed by atoms with E-state index in [1.54, 1.807) is 24.3 Å². The fourth-order valence-corrected chi connectivity index (χ4v) is 12.2. The van der Waals surface area contributed by atoms with Gasteiger partial charge in [-0.2, -0.15) is 21.5 Å². The summed E-state index contributed by atoms with van der Waals surface area (Å²) in [7, 11) is -8.60. The van der Waals surface area contributed by atoms with E-state index < -0.39 is 97.1 Å². The second-order valence-electron chi connectivity index (χ2n) is 23.0. The molecule has 0 saturated carbocycles. The van der Waals surface area contributed by atoms with Gasteiger partial charge in [0.05, 0.1) is 200 Å². The topological polar surface area (TPSA) is 343 Å². The van der Waals surface area contributed by atoms with Crippen LogP contribution in [-0.2, 0) is 101 Å². The van der Waals surface area contributed by atoms with E-state index in [4.69, 9.17) is 67.3 Å². The van der Waals surface area contributed by atoms with E-state index in [1.807, 2.05) is 37.0 Å². The Bertz CT molecular complexity index is 3300. The lowest BCUT2D eigenvalue weighted by molar-refractivity contribution is -0.136. The number of amides is 2. The lowest BCUT2D eigenvalue weighted by Gasteiger charge is -2.38. The van der Waals surface area contributed by atoms with Gasteiger partial charge in [0.25, 0.3) is 10.1 Å². The zero-order valence-corrected chi connectivity index (χ0v) is 59.3. The van der Waals surface area contributed by atoms with Gasteiger partial charge in [-0.05, 0) is 48.2 Å². The number of amidine groups is 1. The lowest BCUT2D eigenvalue weighted by atomic mass is 10.00. The standard InChI is InChI=1S/C67H96F5N5O23S2/c1-3-12-76(13-4-2)67(81)53-40-52-9-8-51(43-57(52)75-58(73)44-53)50-6-5-7-56(42-50)102(85,86)77-46-49(47-77)45-74-66(80)54(48-101(82,83)84)41-55(78)10-14-87-16-18-89-20-22-91-24-26-93-28-30-95-32-34-97-36-38-99-39-37-98-35-33-96-31-29-94-27-25-92-23-21-90-19-17-88-15-11-59(79)100-65-63(71)61(69)60(68)62(70)64(65)72/h5-9,40,42-43,49,54H,3-4,10-39,41,44-48H2,1-2H3,(H2,73,75)(H,74,80)(H,82,83,84)/t54-/m0/s1. The molecule has 3 aromatic rings. The van der Waals surface area contributed by atoms with Crippen molar-refractivity contribution in [3.05, 3.63) is 82.7 Å². The Hall–Kier alpha value is -6.10. The number of hydrogen-bond acceptors (Lipinski definition) is 24. The first-order valence-electron chi connectivity index (χ1n) is 33.7. The first kappa shape index (κ1) is 86.5. The highest BCUT2D eigenvalue weighted by molar-refractivity contribution is 7.89. The summed E-state index contributed by atoms with van der Waals surface area (Å²) in [5, 5.41) is 2.63. The van der Waals surface area contributed by atoms with Gasteiger partial charge < -0.3 is 82.3 Å². The molecule has 1 fully saturated rings. The van der Waals surface area contributed by atoms with Gasteiger partial charge in [-0.25, -0.2) is 26.6 Å². The number of carbonyl (C=O) groups excluding carboxylic acids is 4. The molecule has 2 aliphatic heterocycles. The molecule has 35 heteroatoms. The van der Waals surface area contributed by atoms with Crippen LogP contribution in [0, 0.1) is 40.9 Å². The maximum atomic E-state index is 13.8. The number of rotatable bonds is 58. The highest BCUT2D eigenvalue weighted by Gasteiger charge is 2.38. The molecule has 574 valence electrons. The summed E-state index contributed by atoms with van der Waals surface area (Å²) < 4.78 is 204. The van der Waals surface area contributed by atoms with Gasteiger partial charge in [0.1, 0.15) is 11.6 Å². The Morgan fingerprint density at radius 1 is 0.578 bits per heavy atom. The molecule has 2 heterocycles. The van der Waals surface area contributed by atoms with Gasteiger partial charge in [0.2, 0.25) is 56.7 Å². The van der Waals surface area contributed by atoms with E-state index in [-0.39, 0.29) is 114 Å². The number of hydrogen-bond donors (Lipinski definition) is 3. The minimum absolute atomic E-state index is 0.00541. The Morgan fingerprint density at radius 2 is 0.990 bits per heavy atom. The zero-order chi connectivity index (χ0) is 74.0. The zero-order valence-electron chi connectivity index (χ0n) is 57.7. The van der Waals surface area contributed by atoms with Crippen LogP contribution in [0.4, 0.5) is 27.6 Å². The molecule has 2 amide bonds. The third-order valence-corrected chi connectivity index (χ3v) is 17.6. The molecule has 0 aromatic heterocycles. The van der Waals surface area contributed by atoms with Crippen LogP contribution >= 0.6 is 0 Å². The van der Waals surface area contributed by atoms with E-state index in [0.717, 1.165) is 12.8 Å². The Balaban J connectivity index is 0.755. The van der Waals surface area contributed by atoms with Crippen LogP contribution in [-0.4, -0.2) is 270 Å². The molecule has 3 aromatic carbocycles. The van der Waals surface area contributed by atoms with Crippen LogP contribution in [0.3, 0.4) is 0 Å². The van der Waals surface area contributed by atoms with Gasteiger partial charge in [0, 0.05) is 69.0 Å². The molecule has 2 aliphatic rings. The molecule has 0 aliphatic carbocycles. The molecule has 102 heavy (non-hydrogen) atoms. The van der Waals surface area contributed by atoms with Gasteiger partial charge in [0.15, 0.2) is 0 Å². The van der Waals surface area contributed by atoms with E-state index in [1.165, 1.54) is 10.4 Å². The molecule has 4 N–H and O–H groups in total. The van der Waals surface area contributed by atoms with Crippen LogP contribution in [0.15, 0.2) is 57.9 Å². The van der Waals surface area contributed by atoms with Crippen molar-refractivity contribution >= 4 is 61.3 Å². The van der Waals surface area contributed by atoms with Gasteiger partial charge in [-0.1, -0.05) is 38.1 Å². The van der Waals surface area contributed by atoms with Crippen LogP contribution in [0.25, 0.3) is 17.2 Å². The minimum atomic E-state index is -4.64. The van der Waals surface area contributed by atoms with E-state index in [9.17, 15) is 62.5 Å². The Morgan fingerprint density at radius 3 is 1.42 bits per heavy atom. The second kappa shape index (κ2) is 48.8. The first-order chi connectivity index (χ1) is 49.1. The predicted molar refractivity (Wildman–Crippen MR) is 359 cm³/mol. The molecular weight excluding hydrogens is 1400 g/mol. The summed E-state index contributed by atoms with van der Waals surface area (Å²) >= 11 is 0. The van der Waals surface area contributed by atoms with E-state index in [2.05, 4.69) is 15.0 Å². The first-order valence-corrected chi connectivity index (χ1v) is 36.7. The monoisotopic (exact) mass is 1500 g/mol. The van der Waals surface area contributed by atoms with Gasteiger partial charge in [-0.3, -0.25) is 23.7 Å². The number of sulfonamides is 1. The normalized spacial score (nSPS) is 13.8. The van der Waals surface area contributed by atoms with Crippen molar-refractivity contribution in [3.8, 4) is 16.9 Å². The fraction of sp³-hybridized carbons (Fsp3) is 0.627. The molecule has 0 radical (unpaired) electrons. The molecule has 0 spiro atoms. The summed E-state index contributed by atoms with van der Waals surface area (Å²) in [6, 6.07) is 11.9. The molecule has 28 nitrogen and oxygen atoms in total. The number of ether oxygens (including phenoxy) is 14. The molecule has 5 rings (SSSR count). The number of halogens is 5. The number of nitrogens with zero attached hydrogens (tertiary/aromatic N) is 3. The fourth-order valence-electron chi connectivity index (χ4n) is 9.77. The van der Waals surface area contributed by atoms with E-state index in [0.29, 0.717) is 153 Å². The van der Waals surface area contributed by atoms with Crippen molar-refractivity contribution in [1.29, 1.82) is 0 Å². The van der Waals surface area contributed by atoms with Crippen LogP contribution < -0.4 is 15.8 Å². The lowest BCUT2D eigenvalue weighted by Crippen LogP contribution is -2.54. The minimum Gasteiger partial charge on any atom is -0.420 e. The van der Waals surface area contributed by atoms with E-state index >= 15 is 0 Å². The summed E-state index contributed by atoms with van der Waals surface area (Å²) in [6.07, 6.45) is 2.55. The number of benzene rings is 3. The number of nitrogens with one attached hydrogen (secondary N) is 1. The number of nitrogens with two attached hydrogens (primary N) is 1. The summed E-state index contributed by atoms with van der Waals surface area (Å²) in [6.45, 7) is 12.8. The molecular formula is C67H96F5N5O23S2. The third-order valence-electron chi connectivity index (χ3n) is 14.9. The average molecular weight is 1500 g/mol. The number of esters is 1. The van der Waals surface area contributed by atoms with Crippen molar-refractivity contribution in [2.75, 3.05) is 210 Å². The van der Waals surface area contributed by atoms with Crippen LogP contribution in [0.2, 0.25) is 0 Å². The number of fused-ring (bicyclic) bond motifs is 1. The van der Waals surface area contributed by atoms with Crippen molar-refractivity contribution in [2.24, 2.45) is 22.6 Å². The van der Waals surface area contributed by atoms with Gasteiger partial charge in [-0.15, -0.1) is 0 Å². The quantitative estimate of drug-likeness (QED) is 0.0123. The largest absolute Gasteiger partial charge is 0.420 e. The second-order valence-corrected chi connectivity index (χ2v) is 26.4. The maximum Gasteiger partial charge on any atom is 0.313 e. The Labute approximate surface area is 591 Å². The number of carbonyl (C=O) groups is 4. The SMILES string of the molecule is CCCN(CCC)C(=O)C1=Cc2ccc(-c3cccc(S(=O)(=O)N4CC(CNC(=O)[C@@H](CC(=O)CCOCCOCCOCCOCCOCCOCCOCCOCCOCCOCCOCCOCCOCCC(=O)Oc5c(F)c(F)c(F)c(F)c5F)CS(=O)(=O)O)C4)c3)cc2N=C(N)C1. The summed E-state index contributed by atoms with van der Waals surface area (Å²) in [5.74, 6) is -17.9. The molecule has 1 saturated heterocycles. The summed E-state index contributed by atoms with van der Waals surface area (Å²) in [5.41, 5.74) is 9.41. The third kappa shape index (κ3) is 32.9. The van der Waals surface area contributed by atoms with Crippen molar-refractivity contribution in [1.82, 2.24) is 14.5 Å². The summed E-state index contributed by atoms with van der Waals surface area (Å²) in [4.78, 5) is 57.7. The number of aliphatic imine (C=N–C) groups is 1. The molecule has 0 unspecified atom stereocenters. The Kier molecular flexibility index (Phi) is 41.4. The van der Waals surface area contributed by atoms with Crippen LogP contribution in [0.5, 0.6) is 5.75 Å². The highest BCUT2D eigenvalue weighted by atomic mass is 32.2. The molecule has 0 bridgehead atoms. The van der Waals surface area contributed by atoms with Crippen molar-refractivity contribution < 1.29 is 129 Å². The average Bonchev–Trinajstić information content (AvgIpc) is 0.908. The number of ketones is 1. The highest BCUT2D eigenvalue weighted by Crippen LogP contribution is 2.35. The van der Waals surface area contributed by atoms with Crippen LogP contribution in [0.1, 0.15) is 57.9 Å². The predicted octanol–water partition coefficient (Wildman–Crippen LogP) is 5.28.